The number of rotatable bonds is 6. The van der Waals surface area contributed by atoms with Crippen LogP contribution < -0.4 is 4.90 Å². The van der Waals surface area contributed by atoms with Gasteiger partial charge in [0, 0.05) is 33.2 Å². The molecule has 8 aromatic carbocycles. The second-order valence-electron chi connectivity index (χ2n) is 15.7. The van der Waals surface area contributed by atoms with Gasteiger partial charge in [0.1, 0.15) is 0 Å². The Morgan fingerprint density at radius 2 is 0.966 bits per heavy atom. The van der Waals surface area contributed by atoms with Crippen molar-refractivity contribution in [3.63, 3.8) is 0 Å². The number of amides is 1. The van der Waals surface area contributed by atoms with E-state index in [4.69, 9.17) is 0 Å². The molecule has 1 aliphatic heterocycles. The van der Waals surface area contributed by atoms with Crippen LogP contribution in [0.25, 0.3) is 72.0 Å². The number of aliphatic hydroxyl groups excluding tert-OH is 1. The first-order valence-electron chi connectivity index (χ1n) is 19.9. The van der Waals surface area contributed by atoms with Gasteiger partial charge in [0.2, 0.25) is 0 Å². The molecule has 1 atom stereocenters. The van der Waals surface area contributed by atoms with Crippen LogP contribution in [0, 0.1) is 27.7 Å². The maximum absolute atomic E-state index is 15.3. The predicted molar refractivity (Wildman–Crippen MR) is 240 cm³/mol. The first-order valence-corrected chi connectivity index (χ1v) is 19.9. The topological polar surface area (TPSA) is 45.5 Å². The molecule has 0 saturated carbocycles. The minimum atomic E-state index is -1.19. The Morgan fingerprint density at radius 3 is 1.47 bits per heavy atom. The summed E-state index contributed by atoms with van der Waals surface area (Å²) in [5.41, 5.74) is 17.7. The second-order valence-corrected chi connectivity index (χ2v) is 15.7. The Labute approximate surface area is 338 Å². The maximum atomic E-state index is 15.3. The summed E-state index contributed by atoms with van der Waals surface area (Å²) in [7, 11) is 0. The lowest BCUT2D eigenvalue weighted by atomic mass is 9.95. The van der Waals surface area contributed by atoms with E-state index in [0.29, 0.717) is 16.8 Å². The average Bonchev–Trinajstić information content (AvgIpc) is 3.72. The maximum Gasteiger partial charge on any atom is 0.263 e. The molecule has 9 aromatic rings. The second kappa shape index (κ2) is 13.9. The fourth-order valence-electron chi connectivity index (χ4n) is 9.19. The summed E-state index contributed by atoms with van der Waals surface area (Å²) in [6.45, 7) is 8.58. The molecule has 58 heavy (non-hydrogen) atoms. The molecule has 0 fully saturated rings. The standard InChI is InChI=1S/C54H42N2O2/c1-33-24-26-42(35(3)28-33)44-18-11-20-46-47-21-12-19-45(43-27-25-34(2)29-36(43)4)52(47)56(51(44)46)49-23-13-22-48-50(49)54(58)55(53(48)57)41-31-39(37-14-7-5-8-15-37)30-40(32-41)38-16-9-6-10-17-38/h5-32,53,57H,1-4H3. The van der Waals surface area contributed by atoms with Gasteiger partial charge in [-0.25, -0.2) is 0 Å². The third-order valence-electron chi connectivity index (χ3n) is 11.8. The number of carbonyl (C=O) groups excluding carboxylic acids is 1. The summed E-state index contributed by atoms with van der Waals surface area (Å²) in [6, 6.07) is 58.8. The van der Waals surface area contributed by atoms with Crippen LogP contribution in [0.4, 0.5) is 5.69 Å². The van der Waals surface area contributed by atoms with Crippen LogP contribution >= 0.6 is 0 Å². The molecule has 1 aliphatic rings. The zero-order valence-corrected chi connectivity index (χ0v) is 33.0. The number of benzene rings is 8. The molecule has 4 heteroatoms. The lowest BCUT2D eigenvalue weighted by Crippen LogP contribution is -2.28. The lowest BCUT2D eigenvalue weighted by molar-refractivity contribution is 0.0935. The number of aliphatic hydroxyl groups is 1. The summed E-state index contributed by atoms with van der Waals surface area (Å²) in [4.78, 5) is 16.9. The highest BCUT2D eigenvalue weighted by Crippen LogP contribution is 2.47. The van der Waals surface area contributed by atoms with E-state index >= 15 is 4.79 Å². The van der Waals surface area contributed by atoms with E-state index in [1.807, 2.05) is 66.7 Å². The van der Waals surface area contributed by atoms with Crippen molar-refractivity contribution in [2.75, 3.05) is 4.90 Å². The molecule has 0 bridgehead atoms. The van der Waals surface area contributed by atoms with Gasteiger partial charge in [-0.2, -0.15) is 0 Å². The highest BCUT2D eigenvalue weighted by atomic mass is 16.3. The van der Waals surface area contributed by atoms with E-state index in [-0.39, 0.29) is 5.91 Å². The molecule has 1 aromatic heterocycles. The van der Waals surface area contributed by atoms with Gasteiger partial charge in [0.15, 0.2) is 6.23 Å². The van der Waals surface area contributed by atoms with Gasteiger partial charge >= 0.3 is 0 Å². The molecule has 0 aliphatic carbocycles. The van der Waals surface area contributed by atoms with Crippen LogP contribution in [0.3, 0.4) is 0 Å². The van der Waals surface area contributed by atoms with Gasteiger partial charge in [0.25, 0.3) is 5.91 Å². The Balaban J connectivity index is 1.25. The zero-order chi connectivity index (χ0) is 39.7. The lowest BCUT2D eigenvalue weighted by Gasteiger charge is -2.23. The number of carbonyl (C=O) groups is 1. The van der Waals surface area contributed by atoms with Crippen molar-refractivity contribution in [3.8, 4) is 50.2 Å². The van der Waals surface area contributed by atoms with Crippen molar-refractivity contribution in [1.82, 2.24) is 4.57 Å². The molecule has 4 nitrogen and oxygen atoms in total. The summed E-state index contributed by atoms with van der Waals surface area (Å²) < 4.78 is 2.30. The van der Waals surface area contributed by atoms with Crippen LogP contribution in [-0.2, 0) is 0 Å². The number of para-hydroxylation sites is 2. The number of hydrogen-bond acceptors (Lipinski definition) is 2. The number of hydrogen-bond donors (Lipinski definition) is 1. The van der Waals surface area contributed by atoms with Gasteiger partial charge in [-0.1, -0.05) is 157 Å². The minimum Gasteiger partial charge on any atom is -0.369 e. The summed E-state index contributed by atoms with van der Waals surface area (Å²) >= 11 is 0. The van der Waals surface area contributed by atoms with Gasteiger partial charge in [-0.3, -0.25) is 9.69 Å². The van der Waals surface area contributed by atoms with E-state index in [9.17, 15) is 5.11 Å². The largest absolute Gasteiger partial charge is 0.369 e. The average molecular weight is 751 g/mol. The fraction of sp³-hybridized carbons (Fsp3) is 0.0926. The molecule has 0 radical (unpaired) electrons. The molecule has 280 valence electrons. The SMILES string of the molecule is Cc1ccc(-c2cccc3c4cccc(-c5ccc(C)cc5C)c4n(-c4cccc5c4C(=O)N(c4cc(-c6ccccc6)cc(-c6ccccc6)c4)C5O)c23)c(C)c1. The molecule has 10 rings (SSSR count). The fourth-order valence-corrected chi connectivity index (χ4v) is 9.19. The van der Waals surface area contributed by atoms with Gasteiger partial charge in [-0.15, -0.1) is 0 Å². The third-order valence-corrected chi connectivity index (χ3v) is 11.8. The molecular weight excluding hydrogens is 709 g/mol. The highest BCUT2D eigenvalue weighted by molar-refractivity contribution is 6.20. The van der Waals surface area contributed by atoms with Crippen molar-refractivity contribution >= 4 is 33.4 Å². The molecule has 0 saturated heterocycles. The normalized spacial score (nSPS) is 13.8. The van der Waals surface area contributed by atoms with Crippen LogP contribution in [0.2, 0.25) is 0 Å². The number of aryl methyl sites for hydroxylation is 4. The number of fused-ring (bicyclic) bond motifs is 4. The minimum absolute atomic E-state index is 0.245. The zero-order valence-electron chi connectivity index (χ0n) is 33.0. The Morgan fingerprint density at radius 1 is 0.466 bits per heavy atom. The first-order chi connectivity index (χ1) is 28.3. The molecule has 1 unspecified atom stereocenters. The number of anilines is 1. The van der Waals surface area contributed by atoms with Crippen LogP contribution in [0.1, 0.15) is 44.4 Å². The molecule has 0 spiro atoms. The smallest absolute Gasteiger partial charge is 0.263 e. The van der Waals surface area contributed by atoms with E-state index in [1.54, 1.807) is 4.90 Å². The first kappa shape index (κ1) is 35.4. The van der Waals surface area contributed by atoms with E-state index in [1.165, 1.54) is 22.3 Å². The highest BCUT2D eigenvalue weighted by Gasteiger charge is 2.40. The van der Waals surface area contributed by atoms with Gasteiger partial charge in [0.05, 0.1) is 22.3 Å². The monoisotopic (exact) mass is 750 g/mol. The summed E-state index contributed by atoms with van der Waals surface area (Å²) in [5, 5.41) is 14.5. The van der Waals surface area contributed by atoms with Crippen molar-refractivity contribution in [2.24, 2.45) is 0 Å². The van der Waals surface area contributed by atoms with Crippen LogP contribution in [-0.4, -0.2) is 15.6 Å². The molecule has 2 heterocycles. The quantitative estimate of drug-likeness (QED) is 0.184. The van der Waals surface area contributed by atoms with Crippen molar-refractivity contribution in [2.45, 2.75) is 33.9 Å². The van der Waals surface area contributed by atoms with Crippen molar-refractivity contribution < 1.29 is 9.90 Å². The van der Waals surface area contributed by atoms with Crippen LogP contribution in [0.15, 0.2) is 170 Å². The van der Waals surface area contributed by atoms with Gasteiger partial charge < -0.3 is 9.67 Å². The Hall–Kier alpha value is -7.01. The van der Waals surface area contributed by atoms with Gasteiger partial charge in [-0.05, 0) is 96.5 Å². The van der Waals surface area contributed by atoms with E-state index < -0.39 is 6.23 Å². The molecular formula is C54H42N2O2. The summed E-state index contributed by atoms with van der Waals surface area (Å²) in [6.07, 6.45) is -1.19. The van der Waals surface area contributed by atoms with Crippen LogP contribution in [0.5, 0.6) is 0 Å². The predicted octanol–water partition coefficient (Wildman–Crippen LogP) is 13.3. The number of nitrogens with zero attached hydrogens (tertiary/aromatic N) is 2. The molecule has 1 amide bonds. The Kier molecular flexibility index (Phi) is 8.47. The molecule has 1 N–H and O–H groups in total. The van der Waals surface area contributed by atoms with E-state index in [2.05, 4.69) is 135 Å². The van der Waals surface area contributed by atoms with E-state index in [0.717, 1.165) is 72.0 Å². The van der Waals surface area contributed by atoms with Crippen molar-refractivity contribution in [1.29, 1.82) is 0 Å². The summed E-state index contributed by atoms with van der Waals surface area (Å²) in [5.74, 6) is -0.245. The number of aromatic nitrogens is 1. The third kappa shape index (κ3) is 5.68. The Bertz CT molecular complexity index is 2920. The van der Waals surface area contributed by atoms with Crippen molar-refractivity contribution in [3.05, 3.63) is 203 Å².